The molecular formula is C20H17N5O. The van der Waals surface area contributed by atoms with E-state index in [1.807, 2.05) is 54.0 Å². The summed E-state index contributed by atoms with van der Waals surface area (Å²) in [6, 6.07) is 15.0. The van der Waals surface area contributed by atoms with Crippen molar-refractivity contribution in [1.82, 2.24) is 24.8 Å². The van der Waals surface area contributed by atoms with E-state index in [0.29, 0.717) is 12.1 Å². The van der Waals surface area contributed by atoms with Gasteiger partial charge >= 0.3 is 0 Å². The summed E-state index contributed by atoms with van der Waals surface area (Å²) in [5, 5.41) is 2.92. The van der Waals surface area contributed by atoms with E-state index in [1.54, 1.807) is 24.7 Å². The Labute approximate surface area is 150 Å². The highest BCUT2D eigenvalue weighted by Gasteiger charge is 2.12. The molecule has 0 atom stereocenters. The molecule has 128 valence electrons. The summed E-state index contributed by atoms with van der Waals surface area (Å²) < 4.78 is 1.95. The molecule has 1 amide bonds. The van der Waals surface area contributed by atoms with Crippen LogP contribution >= 0.6 is 0 Å². The van der Waals surface area contributed by atoms with Crippen LogP contribution in [0.3, 0.4) is 0 Å². The number of carbonyl (C=O) groups is 1. The van der Waals surface area contributed by atoms with Crippen LogP contribution in [0.1, 0.15) is 21.7 Å². The maximum atomic E-state index is 12.5. The molecule has 26 heavy (non-hydrogen) atoms. The van der Waals surface area contributed by atoms with Crippen LogP contribution in [-0.4, -0.2) is 25.4 Å². The quantitative estimate of drug-likeness (QED) is 0.618. The van der Waals surface area contributed by atoms with Gasteiger partial charge in [-0.3, -0.25) is 14.3 Å². The van der Waals surface area contributed by atoms with Crippen LogP contribution in [0, 0.1) is 6.92 Å². The molecule has 3 heterocycles. The molecule has 0 aliphatic heterocycles. The van der Waals surface area contributed by atoms with Gasteiger partial charge < -0.3 is 5.32 Å². The van der Waals surface area contributed by atoms with Gasteiger partial charge in [-0.2, -0.15) is 0 Å². The predicted octanol–water partition coefficient (Wildman–Crippen LogP) is 3.05. The van der Waals surface area contributed by atoms with Crippen molar-refractivity contribution in [2.45, 2.75) is 13.5 Å². The first-order chi connectivity index (χ1) is 12.7. The van der Waals surface area contributed by atoms with Crippen LogP contribution in [0.5, 0.6) is 0 Å². The smallest absolute Gasteiger partial charge is 0.251 e. The van der Waals surface area contributed by atoms with Crippen LogP contribution in [0.25, 0.3) is 16.9 Å². The van der Waals surface area contributed by atoms with Gasteiger partial charge in [0.15, 0.2) is 5.65 Å². The van der Waals surface area contributed by atoms with Crippen molar-refractivity contribution in [3.63, 3.8) is 0 Å². The predicted molar refractivity (Wildman–Crippen MR) is 99.0 cm³/mol. The third kappa shape index (κ3) is 3.04. The van der Waals surface area contributed by atoms with Crippen LogP contribution in [0.2, 0.25) is 0 Å². The fourth-order valence-electron chi connectivity index (χ4n) is 2.91. The number of fused-ring (bicyclic) bond motifs is 1. The second-order valence-corrected chi connectivity index (χ2v) is 5.93. The molecule has 0 saturated heterocycles. The summed E-state index contributed by atoms with van der Waals surface area (Å²) in [5.41, 5.74) is 4.01. The first kappa shape index (κ1) is 16.0. The zero-order valence-electron chi connectivity index (χ0n) is 14.3. The van der Waals surface area contributed by atoms with Crippen molar-refractivity contribution >= 4 is 17.1 Å². The topological polar surface area (TPSA) is 72.7 Å². The number of imidazole rings is 1. The number of aromatic nitrogens is 4. The molecule has 0 aliphatic rings. The Morgan fingerprint density at radius 3 is 2.85 bits per heavy atom. The lowest BCUT2D eigenvalue weighted by atomic mass is 10.1. The minimum atomic E-state index is -0.134. The number of nitrogens with zero attached hydrogens (tertiary/aromatic N) is 4. The lowest BCUT2D eigenvalue weighted by molar-refractivity contribution is 0.0951. The van der Waals surface area contributed by atoms with E-state index in [-0.39, 0.29) is 5.91 Å². The standard InChI is InChI=1S/C20H17N5O/c1-14-24-18-8-4-10-22-19(18)25(14)17-7-2-6-16(11-17)20(26)23-13-15-5-3-9-21-12-15/h2-12H,13H2,1H3,(H,23,26). The Morgan fingerprint density at radius 1 is 1.12 bits per heavy atom. The SMILES string of the molecule is Cc1nc2cccnc2n1-c1cccc(C(=O)NCc2cccnc2)c1. The number of carbonyl (C=O) groups excluding carboxylic acids is 1. The Morgan fingerprint density at radius 2 is 2.00 bits per heavy atom. The largest absolute Gasteiger partial charge is 0.348 e. The van der Waals surface area contributed by atoms with Gasteiger partial charge in [0.2, 0.25) is 0 Å². The number of pyridine rings is 2. The lowest BCUT2D eigenvalue weighted by Crippen LogP contribution is -2.23. The van der Waals surface area contributed by atoms with Gasteiger partial charge in [-0.25, -0.2) is 9.97 Å². The monoisotopic (exact) mass is 343 g/mol. The van der Waals surface area contributed by atoms with Crippen LogP contribution in [0.15, 0.2) is 67.1 Å². The molecule has 4 aromatic rings. The molecule has 6 nitrogen and oxygen atoms in total. The maximum absolute atomic E-state index is 12.5. The molecule has 0 aliphatic carbocycles. The highest BCUT2D eigenvalue weighted by Crippen LogP contribution is 2.20. The van der Waals surface area contributed by atoms with Crippen molar-refractivity contribution in [3.05, 3.63) is 84.1 Å². The second-order valence-electron chi connectivity index (χ2n) is 5.93. The zero-order valence-corrected chi connectivity index (χ0v) is 14.3. The number of hydrogen-bond donors (Lipinski definition) is 1. The van der Waals surface area contributed by atoms with Crippen molar-refractivity contribution in [1.29, 1.82) is 0 Å². The van der Waals surface area contributed by atoms with Gasteiger partial charge in [-0.05, 0) is 48.9 Å². The number of aryl methyl sites for hydroxylation is 1. The Bertz CT molecular complexity index is 1070. The average Bonchev–Trinajstić information content (AvgIpc) is 3.02. The molecule has 0 spiro atoms. The Kier molecular flexibility index (Phi) is 4.15. The highest BCUT2D eigenvalue weighted by molar-refractivity contribution is 5.94. The molecular weight excluding hydrogens is 326 g/mol. The van der Waals surface area contributed by atoms with Crippen molar-refractivity contribution in [3.8, 4) is 5.69 Å². The van der Waals surface area contributed by atoms with Gasteiger partial charge in [0, 0.05) is 36.4 Å². The number of amides is 1. The molecule has 0 bridgehead atoms. The average molecular weight is 343 g/mol. The molecule has 1 aromatic carbocycles. The lowest BCUT2D eigenvalue weighted by Gasteiger charge is -2.09. The van der Waals surface area contributed by atoms with E-state index < -0.39 is 0 Å². The third-order valence-electron chi connectivity index (χ3n) is 4.13. The first-order valence-corrected chi connectivity index (χ1v) is 8.30. The second kappa shape index (κ2) is 6.76. The van der Waals surface area contributed by atoms with E-state index in [2.05, 4.69) is 20.3 Å². The minimum Gasteiger partial charge on any atom is -0.348 e. The molecule has 0 unspecified atom stereocenters. The fourth-order valence-corrected chi connectivity index (χ4v) is 2.91. The van der Waals surface area contributed by atoms with Crippen molar-refractivity contribution < 1.29 is 4.79 Å². The number of nitrogens with one attached hydrogen (secondary N) is 1. The first-order valence-electron chi connectivity index (χ1n) is 8.30. The molecule has 6 heteroatoms. The fraction of sp³-hybridized carbons (Fsp3) is 0.100. The van der Waals surface area contributed by atoms with Crippen LogP contribution in [-0.2, 0) is 6.54 Å². The van der Waals surface area contributed by atoms with Crippen LogP contribution < -0.4 is 5.32 Å². The molecule has 3 aromatic heterocycles. The minimum absolute atomic E-state index is 0.134. The molecule has 0 saturated carbocycles. The highest BCUT2D eigenvalue weighted by atomic mass is 16.1. The summed E-state index contributed by atoms with van der Waals surface area (Å²) in [6.45, 7) is 2.36. The summed E-state index contributed by atoms with van der Waals surface area (Å²) >= 11 is 0. The van der Waals surface area contributed by atoms with Gasteiger partial charge in [0.05, 0.1) is 0 Å². The Hall–Kier alpha value is -3.54. The summed E-state index contributed by atoms with van der Waals surface area (Å²) in [4.78, 5) is 25.5. The van der Waals surface area contributed by atoms with Crippen molar-refractivity contribution in [2.24, 2.45) is 0 Å². The van der Waals surface area contributed by atoms with Gasteiger partial charge in [-0.15, -0.1) is 0 Å². The van der Waals surface area contributed by atoms with E-state index in [0.717, 1.165) is 28.2 Å². The van der Waals surface area contributed by atoms with Gasteiger partial charge in [0.25, 0.3) is 5.91 Å². The van der Waals surface area contributed by atoms with E-state index >= 15 is 0 Å². The zero-order chi connectivity index (χ0) is 17.9. The van der Waals surface area contributed by atoms with Crippen LogP contribution in [0.4, 0.5) is 0 Å². The van der Waals surface area contributed by atoms with E-state index in [4.69, 9.17) is 0 Å². The van der Waals surface area contributed by atoms with E-state index in [9.17, 15) is 4.79 Å². The maximum Gasteiger partial charge on any atom is 0.251 e. The normalized spacial score (nSPS) is 10.8. The number of rotatable bonds is 4. The van der Waals surface area contributed by atoms with E-state index in [1.165, 1.54) is 0 Å². The molecule has 0 radical (unpaired) electrons. The molecule has 0 fully saturated rings. The number of benzene rings is 1. The summed E-state index contributed by atoms with van der Waals surface area (Å²) in [7, 11) is 0. The molecule has 1 N–H and O–H groups in total. The summed E-state index contributed by atoms with van der Waals surface area (Å²) in [5.74, 6) is 0.692. The van der Waals surface area contributed by atoms with Crippen molar-refractivity contribution in [2.75, 3.05) is 0 Å². The summed E-state index contributed by atoms with van der Waals surface area (Å²) in [6.07, 6.45) is 5.19. The number of hydrogen-bond acceptors (Lipinski definition) is 4. The Balaban J connectivity index is 1.62. The van der Waals surface area contributed by atoms with Gasteiger partial charge in [0.1, 0.15) is 11.3 Å². The van der Waals surface area contributed by atoms with Gasteiger partial charge in [-0.1, -0.05) is 12.1 Å². The molecule has 4 rings (SSSR count). The third-order valence-corrected chi connectivity index (χ3v) is 4.13.